The number of hydrogen-bond donors (Lipinski definition) is 2. The summed E-state index contributed by atoms with van der Waals surface area (Å²) < 4.78 is 19.8. The minimum atomic E-state index is -0.406. The van der Waals surface area contributed by atoms with E-state index in [2.05, 4.69) is 25.5 Å². The average molecular weight is 442 g/mol. The van der Waals surface area contributed by atoms with Crippen LogP contribution in [0.15, 0.2) is 44.8 Å². The Morgan fingerprint density at radius 2 is 2.16 bits per heavy atom. The molecule has 0 saturated heterocycles. The molecule has 0 spiro atoms. The van der Waals surface area contributed by atoms with Gasteiger partial charge in [-0.2, -0.15) is 9.66 Å². The molecule has 0 aliphatic carbocycles. The molecule has 4 aromatic rings. The van der Waals surface area contributed by atoms with Gasteiger partial charge in [-0.25, -0.2) is 9.37 Å². The molecule has 160 valence electrons. The molecule has 2 N–H and O–H groups in total. The second-order valence-electron chi connectivity index (χ2n) is 6.84. The highest BCUT2D eigenvalue weighted by atomic mass is 32.2. The van der Waals surface area contributed by atoms with Crippen LogP contribution in [0.1, 0.15) is 31.4 Å². The zero-order valence-electron chi connectivity index (χ0n) is 16.8. The van der Waals surface area contributed by atoms with E-state index in [1.165, 1.54) is 12.1 Å². The predicted molar refractivity (Wildman–Crippen MR) is 114 cm³/mol. The first kappa shape index (κ1) is 20.8. The maximum atomic E-state index is 13.4. The molecule has 1 aromatic carbocycles. The van der Waals surface area contributed by atoms with Gasteiger partial charge in [0.15, 0.2) is 5.16 Å². The van der Waals surface area contributed by atoms with Gasteiger partial charge in [-0.15, -0.1) is 0 Å². The van der Waals surface area contributed by atoms with Crippen molar-refractivity contribution in [2.45, 2.75) is 37.6 Å². The largest absolute Gasteiger partial charge is 0.353 e. The van der Waals surface area contributed by atoms with Crippen molar-refractivity contribution in [1.29, 1.82) is 0 Å². The fraction of sp³-hybridized carbons (Fsp3) is 0.250. The summed E-state index contributed by atoms with van der Waals surface area (Å²) in [5.41, 5.74) is 4.28. The second-order valence-corrected chi connectivity index (χ2v) is 7.79. The fourth-order valence-electron chi connectivity index (χ4n) is 2.97. The monoisotopic (exact) mass is 442 g/mol. The molecule has 3 aromatic heterocycles. The Kier molecular flexibility index (Phi) is 5.85. The number of halogens is 1. The van der Waals surface area contributed by atoms with E-state index >= 15 is 0 Å². The summed E-state index contributed by atoms with van der Waals surface area (Å²) in [6.07, 6.45) is 0.921. The lowest BCUT2D eigenvalue weighted by Gasteiger charge is -2.12. The number of fused-ring (bicyclic) bond motifs is 1. The first-order chi connectivity index (χ1) is 14.9. The molecule has 0 unspecified atom stereocenters. The van der Waals surface area contributed by atoms with Crippen LogP contribution in [0.4, 0.5) is 4.39 Å². The van der Waals surface area contributed by atoms with Crippen molar-refractivity contribution in [3.8, 4) is 11.4 Å². The van der Waals surface area contributed by atoms with Gasteiger partial charge < -0.3 is 9.51 Å². The van der Waals surface area contributed by atoms with Crippen LogP contribution in [0.5, 0.6) is 0 Å². The number of H-pyrrole nitrogens is 1. The third-order valence-corrected chi connectivity index (χ3v) is 5.27. The number of carbonyl (C=O) groups is 1. The number of aromatic nitrogens is 5. The van der Waals surface area contributed by atoms with E-state index in [4.69, 9.17) is 4.52 Å². The zero-order chi connectivity index (χ0) is 22.0. The van der Waals surface area contributed by atoms with Crippen LogP contribution in [0, 0.1) is 12.7 Å². The molecule has 0 aliphatic rings. The lowest BCUT2D eigenvalue weighted by atomic mass is 10.2. The minimum Gasteiger partial charge on any atom is -0.353 e. The maximum Gasteiger partial charge on any atom is 0.297 e. The molecule has 0 atom stereocenters. The van der Waals surface area contributed by atoms with Gasteiger partial charge in [0.2, 0.25) is 17.6 Å². The Morgan fingerprint density at radius 3 is 2.94 bits per heavy atom. The number of rotatable bonds is 7. The number of nitrogens with one attached hydrogen (secondary N) is 2. The molecule has 1 amide bonds. The number of amides is 1. The number of nitrogens with zero attached hydrogens (tertiary/aromatic N) is 4. The Bertz CT molecular complexity index is 1310. The molecule has 9 nitrogen and oxygen atoms in total. The van der Waals surface area contributed by atoms with Crippen LogP contribution in [0.25, 0.3) is 22.4 Å². The maximum absolute atomic E-state index is 13.4. The zero-order valence-corrected chi connectivity index (χ0v) is 17.6. The summed E-state index contributed by atoms with van der Waals surface area (Å²) >= 11 is 1.16. The van der Waals surface area contributed by atoms with Crippen molar-refractivity contribution in [2.24, 2.45) is 0 Å². The second kappa shape index (κ2) is 8.72. The molecule has 11 heteroatoms. The van der Waals surface area contributed by atoms with Crippen LogP contribution in [-0.4, -0.2) is 30.7 Å². The van der Waals surface area contributed by atoms with Crippen LogP contribution >= 0.6 is 11.8 Å². The summed E-state index contributed by atoms with van der Waals surface area (Å²) in [6, 6.07) is 7.64. The van der Waals surface area contributed by atoms with Crippen LogP contribution in [0.3, 0.4) is 0 Å². The van der Waals surface area contributed by atoms with Crippen molar-refractivity contribution in [3.63, 3.8) is 0 Å². The van der Waals surface area contributed by atoms with Gasteiger partial charge in [0.25, 0.3) is 5.56 Å². The summed E-state index contributed by atoms with van der Waals surface area (Å²) in [5.74, 6) is 0.0444. The van der Waals surface area contributed by atoms with E-state index in [1.807, 2.05) is 13.8 Å². The Labute approximate surface area is 180 Å². The predicted octanol–water partition coefficient (Wildman–Crippen LogP) is 3.38. The minimum absolute atomic E-state index is 0.202. The molecule has 0 aliphatic heterocycles. The molecule has 0 fully saturated rings. The fourth-order valence-corrected chi connectivity index (χ4v) is 3.76. The number of carbonyl (C=O) groups excluding carboxylic acids is 1. The van der Waals surface area contributed by atoms with Crippen LogP contribution in [-0.2, 0) is 10.5 Å². The van der Waals surface area contributed by atoms with Crippen molar-refractivity contribution in [2.75, 3.05) is 5.43 Å². The van der Waals surface area contributed by atoms with Gasteiger partial charge in [0.05, 0.1) is 11.3 Å². The molecule has 4 rings (SSSR count). The molecular weight excluding hydrogens is 423 g/mol. The Morgan fingerprint density at radius 1 is 1.32 bits per heavy atom. The topological polar surface area (TPSA) is 119 Å². The number of aryl methyl sites for hydroxylation is 1. The summed E-state index contributed by atoms with van der Waals surface area (Å²) in [6.45, 7) is 3.69. The number of aromatic amines is 1. The Balaban J connectivity index is 1.61. The molecule has 0 bridgehead atoms. The molecule has 0 saturated carbocycles. The van der Waals surface area contributed by atoms with E-state index in [0.29, 0.717) is 23.0 Å². The molecule has 31 heavy (non-hydrogen) atoms. The first-order valence-corrected chi connectivity index (χ1v) is 10.6. The normalized spacial score (nSPS) is 11.2. The van der Waals surface area contributed by atoms with E-state index in [1.54, 1.807) is 18.2 Å². The molecular formula is C20H19FN6O3S. The summed E-state index contributed by atoms with van der Waals surface area (Å²) in [4.78, 5) is 36.8. The van der Waals surface area contributed by atoms with Gasteiger partial charge in [-0.3, -0.25) is 15.0 Å². The summed E-state index contributed by atoms with van der Waals surface area (Å²) in [5, 5.41) is 4.16. The smallest absolute Gasteiger partial charge is 0.297 e. The van der Waals surface area contributed by atoms with Gasteiger partial charge in [-0.05, 0) is 31.5 Å². The number of thioether (sulfide) groups is 1. The van der Waals surface area contributed by atoms with E-state index in [0.717, 1.165) is 22.1 Å². The average Bonchev–Trinajstić information content (AvgIpc) is 3.35. The van der Waals surface area contributed by atoms with Gasteiger partial charge in [-0.1, -0.05) is 36.0 Å². The van der Waals surface area contributed by atoms with E-state index in [9.17, 15) is 14.0 Å². The van der Waals surface area contributed by atoms with Crippen LogP contribution < -0.4 is 11.0 Å². The van der Waals surface area contributed by atoms with Crippen molar-refractivity contribution in [3.05, 3.63) is 58.1 Å². The number of hydrogen-bond acceptors (Lipinski definition) is 7. The lowest BCUT2D eigenvalue weighted by Crippen LogP contribution is -2.35. The quantitative estimate of drug-likeness (QED) is 0.333. The highest BCUT2D eigenvalue weighted by Crippen LogP contribution is 2.23. The van der Waals surface area contributed by atoms with Crippen molar-refractivity contribution >= 4 is 28.7 Å². The highest BCUT2D eigenvalue weighted by molar-refractivity contribution is 7.98. The van der Waals surface area contributed by atoms with Crippen molar-refractivity contribution in [1.82, 2.24) is 24.8 Å². The molecule has 3 heterocycles. The van der Waals surface area contributed by atoms with Crippen LogP contribution in [0.2, 0.25) is 0 Å². The third-order valence-electron chi connectivity index (χ3n) is 4.35. The van der Waals surface area contributed by atoms with Gasteiger partial charge in [0.1, 0.15) is 11.3 Å². The Hall–Kier alpha value is -3.47. The van der Waals surface area contributed by atoms with E-state index in [-0.39, 0.29) is 35.0 Å². The third kappa shape index (κ3) is 4.50. The van der Waals surface area contributed by atoms with Gasteiger partial charge in [0, 0.05) is 17.7 Å². The standard InChI is InChI=1S/C20H19FN6O3S/c1-3-5-15(28)25-27-19(29)17-14(8-11(2)22-17)23-20(27)31-10-16-24-18(26-30-16)12-6-4-7-13(21)9-12/h4,6-9,22H,3,5,10H2,1-2H3,(H,25,28). The number of benzene rings is 1. The SMILES string of the molecule is CCCC(=O)Nn1c(SCc2nc(-c3cccc(F)c3)no2)nc2cc(C)[nH]c2c1=O. The van der Waals surface area contributed by atoms with Crippen molar-refractivity contribution < 1.29 is 13.7 Å². The lowest BCUT2D eigenvalue weighted by molar-refractivity contribution is -0.117. The molecule has 0 radical (unpaired) electrons. The van der Waals surface area contributed by atoms with Gasteiger partial charge >= 0.3 is 0 Å². The van der Waals surface area contributed by atoms with E-state index < -0.39 is 11.4 Å². The highest BCUT2D eigenvalue weighted by Gasteiger charge is 2.17. The summed E-state index contributed by atoms with van der Waals surface area (Å²) in [7, 11) is 0. The first-order valence-electron chi connectivity index (χ1n) is 9.58.